The van der Waals surface area contributed by atoms with Crippen LogP contribution in [0.15, 0.2) is 12.1 Å². The molecule has 1 aromatic carbocycles. The third-order valence-electron chi connectivity index (χ3n) is 3.06. The van der Waals surface area contributed by atoms with Crippen LogP contribution in [0.3, 0.4) is 0 Å². The van der Waals surface area contributed by atoms with E-state index < -0.39 is 39.4 Å². The van der Waals surface area contributed by atoms with Crippen molar-refractivity contribution in [3.63, 3.8) is 0 Å². The lowest BCUT2D eigenvalue weighted by molar-refractivity contribution is -0.384. The number of methoxy groups -OCH3 is 1. The fraction of sp³-hybridized carbons (Fsp3) is 0.462. The van der Waals surface area contributed by atoms with Crippen LogP contribution in [0, 0.1) is 21.7 Å². The molecule has 1 aromatic rings. The third-order valence-corrected chi connectivity index (χ3v) is 3.06. The van der Waals surface area contributed by atoms with Crippen molar-refractivity contribution in [3.8, 4) is 0 Å². The number of nitrogens with zero attached hydrogens (tertiary/aromatic N) is 1. The molecule has 0 spiro atoms. The van der Waals surface area contributed by atoms with Crippen LogP contribution in [-0.4, -0.2) is 23.5 Å². The first-order valence-electron chi connectivity index (χ1n) is 6.25. The van der Waals surface area contributed by atoms with Crippen molar-refractivity contribution < 1.29 is 23.2 Å². The number of anilines is 1. The Morgan fingerprint density at radius 1 is 1.48 bits per heavy atom. The van der Waals surface area contributed by atoms with Crippen LogP contribution < -0.4 is 5.32 Å². The fourth-order valence-corrected chi connectivity index (χ4v) is 2.03. The highest BCUT2D eigenvalue weighted by Gasteiger charge is 2.37. The fourth-order valence-electron chi connectivity index (χ4n) is 2.03. The number of benzene rings is 1. The van der Waals surface area contributed by atoms with Gasteiger partial charge in [0.1, 0.15) is 5.54 Å². The van der Waals surface area contributed by atoms with Gasteiger partial charge in [0, 0.05) is 6.07 Å². The molecule has 1 rings (SSSR count). The molecule has 0 bridgehead atoms. The lowest BCUT2D eigenvalue weighted by Gasteiger charge is -2.28. The summed E-state index contributed by atoms with van der Waals surface area (Å²) in [6.45, 7) is 3.19. The van der Waals surface area contributed by atoms with E-state index in [1.807, 2.05) is 0 Å². The van der Waals surface area contributed by atoms with Gasteiger partial charge in [-0.3, -0.25) is 10.1 Å². The van der Waals surface area contributed by atoms with Crippen LogP contribution in [0.5, 0.6) is 0 Å². The number of nitro groups is 1. The molecule has 0 saturated carbocycles. The summed E-state index contributed by atoms with van der Waals surface area (Å²) in [5, 5.41) is 13.4. The first kappa shape index (κ1) is 16.8. The van der Waals surface area contributed by atoms with E-state index in [2.05, 4.69) is 10.1 Å². The second-order valence-corrected chi connectivity index (χ2v) is 4.71. The molecule has 0 amide bonds. The van der Waals surface area contributed by atoms with Crippen LogP contribution >= 0.6 is 0 Å². The van der Waals surface area contributed by atoms with Crippen molar-refractivity contribution in [2.45, 2.75) is 32.2 Å². The van der Waals surface area contributed by atoms with Crippen molar-refractivity contribution in [2.24, 2.45) is 0 Å². The van der Waals surface area contributed by atoms with Crippen LogP contribution in [0.2, 0.25) is 0 Å². The number of nitro benzene ring substituents is 1. The van der Waals surface area contributed by atoms with Gasteiger partial charge in [0.05, 0.1) is 12.0 Å². The number of rotatable bonds is 6. The summed E-state index contributed by atoms with van der Waals surface area (Å²) < 4.78 is 31.8. The summed E-state index contributed by atoms with van der Waals surface area (Å²) in [6.07, 6.45) is 0.760. The normalized spacial score (nSPS) is 13.4. The third kappa shape index (κ3) is 3.45. The summed E-state index contributed by atoms with van der Waals surface area (Å²) >= 11 is 0. The summed E-state index contributed by atoms with van der Waals surface area (Å²) in [7, 11) is 1.15. The van der Waals surface area contributed by atoms with Crippen LogP contribution in [0.4, 0.5) is 20.2 Å². The van der Waals surface area contributed by atoms with Gasteiger partial charge in [-0.2, -0.15) is 0 Å². The van der Waals surface area contributed by atoms with Crippen molar-refractivity contribution in [1.82, 2.24) is 0 Å². The summed E-state index contributed by atoms with van der Waals surface area (Å²) in [5.41, 5.74) is -2.72. The maximum absolute atomic E-state index is 13.9. The summed E-state index contributed by atoms with van der Waals surface area (Å²) in [5.74, 6) is -3.37. The van der Waals surface area contributed by atoms with Crippen LogP contribution in [-0.2, 0) is 9.53 Å². The molecule has 1 unspecified atom stereocenters. The van der Waals surface area contributed by atoms with E-state index in [9.17, 15) is 23.7 Å². The Morgan fingerprint density at radius 2 is 2.10 bits per heavy atom. The van der Waals surface area contributed by atoms with Crippen LogP contribution in [0.1, 0.15) is 26.7 Å². The molecule has 0 saturated heterocycles. The Kier molecular flexibility index (Phi) is 5.17. The Balaban J connectivity index is 3.35. The van der Waals surface area contributed by atoms with Crippen LogP contribution in [0.25, 0.3) is 0 Å². The smallest absolute Gasteiger partial charge is 0.331 e. The molecule has 1 atom stereocenters. The predicted octanol–water partition coefficient (Wildman–Crippen LogP) is 3.02. The molecular weight excluding hydrogens is 286 g/mol. The Labute approximate surface area is 120 Å². The van der Waals surface area contributed by atoms with E-state index in [0.717, 1.165) is 13.2 Å². The average molecular weight is 302 g/mol. The van der Waals surface area contributed by atoms with E-state index in [4.69, 9.17) is 0 Å². The molecule has 8 heteroatoms. The molecule has 0 aliphatic rings. The second kappa shape index (κ2) is 6.47. The molecule has 0 heterocycles. The Hall–Kier alpha value is -2.25. The maximum Gasteiger partial charge on any atom is 0.331 e. The SMILES string of the molecule is CCCC(C)(Nc1c([N+](=O)[O-])ccc(F)c1F)C(=O)OC. The van der Waals surface area contributed by atoms with E-state index >= 15 is 0 Å². The minimum atomic E-state index is -1.41. The van der Waals surface area contributed by atoms with Gasteiger partial charge >= 0.3 is 5.97 Å². The number of ether oxygens (including phenoxy) is 1. The average Bonchev–Trinajstić information content (AvgIpc) is 2.43. The van der Waals surface area contributed by atoms with Gasteiger partial charge in [0.15, 0.2) is 17.3 Å². The largest absolute Gasteiger partial charge is 0.467 e. The minimum Gasteiger partial charge on any atom is -0.467 e. The van der Waals surface area contributed by atoms with Gasteiger partial charge in [-0.25, -0.2) is 13.6 Å². The Morgan fingerprint density at radius 3 is 2.57 bits per heavy atom. The molecule has 21 heavy (non-hydrogen) atoms. The van der Waals surface area contributed by atoms with E-state index in [0.29, 0.717) is 12.5 Å². The number of halogens is 2. The second-order valence-electron chi connectivity index (χ2n) is 4.71. The lowest BCUT2D eigenvalue weighted by atomic mass is 9.95. The summed E-state index contributed by atoms with van der Waals surface area (Å²) in [4.78, 5) is 21.9. The molecule has 0 aliphatic heterocycles. The lowest BCUT2D eigenvalue weighted by Crippen LogP contribution is -2.44. The van der Waals surface area contributed by atoms with Gasteiger partial charge in [0.2, 0.25) is 0 Å². The predicted molar refractivity (Wildman–Crippen MR) is 72.0 cm³/mol. The first-order valence-corrected chi connectivity index (χ1v) is 6.25. The number of carbonyl (C=O) groups is 1. The van der Waals surface area contributed by atoms with E-state index in [1.165, 1.54) is 6.92 Å². The van der Waals surface area contributed by atoms with Crippen molar-refractivity contribution >= 4 is 17.3 Å². The standard InChI is InChI=1S/C13H16F2N2O4/c1-4-7-13(2,12(18)21-3)16-11-9(17(19)20)6-5-8(14)10(11)15/h5-6,16H,4,7H2,1-3H3. The first-order chi connectivity index (χ1) is 9.76. The zero-order valence-corrected chi connectivity index (χ0v) is 11.9. The quantitative estimate of drug-likeness (QED) is 0.496. The molecule has 0 radical (unpaired) electrons. The van der Waals surface area contributed by atoms with Crippen molar-refractivity contribution in [3.05, 3.63) is 33.9 Å². The minimum absolute atomic E-state index is 0.229. The van der Waals surface area contributed by atoms with E-state index in [-0.39, 0.29) is 6.42 Å². The summed E-state index contributed by atoms with van der Waals surface area (Å²) in [6, 6.07) is 1.50. The molecule has 0 aromatic heterocycles. The van der Waals surface area contributed by atoms with Gasteiger partial charge in [-0.1, -0.05) is 13.3 Å². The van der Waals surface area contributed by atoms with Gasteiger partial charge < -0.3 is 10.1 Å². The maximum atomic E-state index is 13.9. The molecule has 0 aliphatic carbocycles. The van der Waals surface area contributed by atoms with E-state index in [1.54, 1.807) is 6.92 Å². The molecule has 0 fully saturated rings. The molecular formula is C13H16F2N2O4. The van der Waals surface area contributed by atoms with Crippen molar-refractivity contribution in [2.75, 3.05) is 12.4 Å². The molecule has 116 valence electrons. The highest BCUT2D eigenvalue weighted by Crippen LogP contribution is 2.33. The zero-order valence-electron chi connectivity index (χ0n) is 11.9. The highest BCUT2D eigenvalue weighted by atomic mass is 19.2. The monoisotopic (exact) mass is 302 g/mol. The van der Waals surface area contributed by atoms with Gasteiger partial charge in [-0.15, -0.1) is 0 Å². The van der Waals surface area contributed by atoms with Gasteiger partial charge in [-0.05, 0) is 19.4 Å². The number of nitrogens with one attached hydrogen (secondary N) is 1. The highest BCUT2D eigenvalue weighted by molar-refractivity contribution is 5.85. The number of carbonyl (C=O) groups excluding carboxylic acids is 1. The number of esters is 1. The number of hydrogen-bond acceptors (Lipinski definition) is 5. The van der Waals surface area contributed by atoms with Gasteiger partial charge in [0.25, 0.3) is 5.69 Å². The van der Waals surface area contributed by atoms with Crippen molar-refractivity contribution in [1.29, 1.82) is 0 Å². The number of hydrogen-bond donors (Lipinski definition) is 1. The molecule has 6 nitrogen and oxygen atoms in total. The zero-order chi connectivity index (χ0) is 16.2. The molecule has 1 N–H and O–H groups in total. The Bertz CT molecular complexity index is 565. The topological polar surface area (TPSA) is 81.5 Å².